The maximum absolute atomic E-state index is 12.9. The van der Waals surface area contributed by atoms with Gasteiger partial charge in [0.15, 0.2) is 6.10 Å². The van der Waals surface area contributed by atoms with Crippen LogP contribution in [0.5, 0.6) is 0 Å². The first-order chi connectivity index (χ1) is 36.2. The average molecular weight is 1060 g/mol. The van der Waals surface area contributed by atoms with Crippen LogP contribution in [0, 0.1) is 0 Å². The lowest BCUT2D eigenvalue weighted by Crippen LogP contribution is -2.30. The van der Waals surface area contributed by atoms with Gasteiger partial charge in [0.2, 0.25) is 0 Å². The molecule has 0 saturated carbocycles. The Bertz CT molecular complexity index is 1610. The van der Waals surface area contributed by atoms with Gasteiger partial charge in [0, 0.05) is 19.3 Å². The predicted molar refractivity (Wildman–Crippen MR) is 307 cm³/mol. The van der Waals surface area contributed by atoms with E-state index in [1.54, 1.807) is 0 Å². The molecule has 2 N–H and O–H groups in total. The van der Waals surface area contributed by atoms with E-state index in [-0.39, 0.29) is 25.9 Å². The van der Waals surface area contributed by atoms with Crippen molar-refractivity contribution in [3.8, 4) is 0 Å². The second kappa shape index (κ2) is 55.6. The van der Waals surface area contributed by atoms with Crippen LogP contribution in [0.25, 0.3) is 0 Å². The molecule has 0 saturated heterocycles. The highest BCUT2D eigenvalue weighted by molar-refractivity contribution is 7.47. The summed E-state index contributed by atoms with van der Waals surface area (Å²) in [6.45, 7) is 4.41. The summed E-state index contributed by atoms with van der Waals surface area (Å²) < 4.78 is 39.4. The lowest BCUT2D eigenvalue weighted by atomic mass is 10.0. The van der Waals surface area contributed by atoms with E-state index in [0.29, 0.717) is 19.3 Å². The number of phosphoric ester groups is 1. The molecule has 424 valence electrons. The normalized spacial score (nSPS) is 14.1. The van der Waals surface area contributed by atoms with E-state index in [9.17, 15) is 28.9 Å². The number of rotatable bonds is 53. The van der Waals surface area contributed by atoms with Gasteiger partial charge in [-0.25, -0.2) is 4.57 Å². The number of unbranched alkanes of at least 4 members (excludes halogenated alkanes) is 20. The van der Waals surface area contributed by atoms with Crippen LogP contribution in [0.4, 0.5) is 0 Å². The highest BCUT2D eigenvalue weighted by Crippen LogP contribution is 2.43. The SMILES string of the molecule is CC/C=C\C/C=C\C/C=C\C/C=C\C/C=C\C/C=C\CCC(=O)OCC(COP(=O)(O)OCC(CO)OC(=O)CCCCCCCCCCCCCCC)OC(=O)CCCCCCC/C=C\C/C=C\CCCCC. The van der Waals surface area contributed by atoms with Gasteiger partial charge in [0.1, 0.15) is 12.7 Å². The molecule has 0 spiro atoms. The molecular formula is C62H105O11P. The van der Waals surface area contributed by atoms with E-state index in [0.717, 1.165) is 103 Å². The van der Waals surface area contributed by atoms with Crippen molar-refractivity contribution in [3.05, 3.63) is 97.2 Å². The van der Waals surface area contributed by atoms with Gasteiger partial charge in [-0.15, -0.1) is 0 Å². The molecule has 11 nitrogen and oxygen atoms in total. The van der Waals surface area contributed by atoms with Gasteiger partial charge in [0.05, 0.1) is 19.8 Å². The number of allylic oxidation sites excluding steroid dienone is 16. The Morgan fingerprint density at radius 1 is 0.392 bits per heavy atom. The fourth-order valence-corrected chi connectivity index (χ4v) is 8.37. The van der Waals surface area contributed by atoms with Crippen molar-refractivity contribution >= 4 is 25.7 Å². The number of aliphatic hydroxyl groups is 1. The Balaban J connectivity index is 4.85. The Morgan fingerprint density at radius 2 is 0.730 bits per heavy atom. The lowest BCUT2D eigenvalue weighted by molar-refractivity contribution is -0.161. The molecule has 0 bridgehead atoms. The van der Waals surface area contributed by atoms with Crippen molar-refractivity contribution < 1.29 is 52.2 Å². The molecule has 0 aliphatic rings. The van der Waals surface area contributed by atoms with Gasteiger partial charge in [-0.05, 0) is 89.9 Å². The van der Waals surface area contributed by atoms with Crippen molar-refractivity contribution in [2.24, 2.45) is 0 Å². The van der Waals surface area contributed by atoms with Crippen LogP contribution in [-0.2, 0) is 42.2 Å². The van der Waals surface area contributed by atoms with Gasteiger partial charge in [-0.3, -0.25) is 23.4 Å². The van der Waals surface area contributed by atoms with Crippen molar-refractivity contribution in [2.45, 2.75) is 251 Å². The van der Waals surface area contributed by atoms with E-state index in [2.05, 4.69) is 106 Å². The highest BCUT2D eigenvalue weighted by atomic mass is 31.2. The molecule has 0 aromatic carbocycles. The summed E-state index contributed by atoms with van der Waals surface area (Å²) in [6.07, 6.45) is 65.2. The van der Waals surface area contributed by atoms with Crippen molar-refractivity contribution in [1.29, 1.82) is 0 Å². The van der Waals surface area contributed by atoms with Crippen LogP contribution in [0.2, 0.25) is 0 Å². The summed E-state index contributed by atoms with van der Waals surface area (Å²) in [4.78, 5) is 48.5. The third-order valence-electron chi connectivity index (χ3n) is 12.0. The van der Waals surface area contributed by atoms with Crippen LogP contribution >= 0.6 is 7.82 Å². The summed E-state index contributed by atoms with van der Waals surface area (Å²) in [5.74, 6) is -1.58. The molecule has 0 heterocycles. The van der Waals surface area contributed by atoms with E-state index in [1.807, 2.05) is 12.2 Å². The fraction of sp³-hybridized carbons (Fsp3) is 0.694. The first kappa shape index (κ1) is 70.4. The van der Waals surface area contributed by atoms with Gasteiger partial charge in [-0.2, -0.15) is 0 Å². The van der Waals surface area contributed by atoms with Crippen LogP contribution < -0.4 is 0 Å². The number of hydrogen-bond donors (Lipinski definition) is 2. The number of phosphoric acid groups is 1. The van der Waals surface area contributed by atoms with Gasteiger partial charge in [-0.1, -0.05) is 227 Å². The third kappa shape index (κ3) is 53.2. The first-order valence-electron chi connectivity index (χ1n) is 29.1. The van der Waals surface area contributed by atoms with E-state index in [1.165, 1.54) is 77.0 Å². The quantitative estimate of drug-likeness (QED) is 0.0197. The Kier molecular flexibility index (Phi) is 52.9. The van der Waals surface area contributed by atoms with Crippen LogP contribution in [0.1, 0.15) is 239 Å². The number of aliphatic hydroxyl groups excluding tert-OH is 1. The van der Waals surface area contributed by atoms with Gasteiger partial charge >= 0.3 is 25.7 Å². The summed E-state index contributed by atoms with van der Waals surface area (Å²) in [5.41, 5.74) is 0. The molecule has 0 rings (SSSR count). The lowest BCUT2D eigenvalue weighted by Gasteiger charge is -2.21. The predicted octanol–water partition coefficient (Wildman–Crippen LogP) is 17.3. The summed E-state index contributed by atoms with van der Waals surface area (Å²) in [7, 11) is -4.77. The number of hydrogen-bond acceptors (Lipinski definition) is 10. The van der Waals surface area contributed by atoms with Gasteiger partial charge < -0.3 is 24.2 Å². The molecule has 74 heavy (non-hydrogen) atoms. The number of carbonyl (C=O) groups is 3. The Labute approximate surface area is 451 Å². The number of ether oxygens (including phenoxy) is 3. The molecule has 0 fully saturated rings. The maximum atomic E-state index is 12.9. The number of carbonyl (C=O) groups excluding carboxylic acids is 3. The molecule has 0 aliphatic heterocycles. The molecule has 0 aliphatic carbocycles. The highest BCUT2D eigenvalue weighted by Gasteiger charge is 2.28. The smallest absolute Gasteiger partial charge is 0.462 e. The van der Waals surface area contributed by atoms with E-state index < -0.39 is 57.8 Å². The molecule has 12 heteroatoms. The molecule has 3 unspecified atom stereocenters. The molecule has 3 atom stereocenters. The first-order valence-corrected chi connectivity index (χ1v) is 30.6. The van der Waals surface area contributed by atoms with Crippen molar-refractivity contribution in [1.82, 2.24) is 0 Å². The topological polar surface area (TPSA) is 155 Å². The summed E-state index contributed by atoms with van der Waals surface area (Å²) in [6, 6.07) is 0. The van der Waals surface area contributed by atoms with E-state index in [4.69, 9.17) is 23.3 Å². The monoisotopic (exact) mass is 1060 g/mol. The Morgan fingerprint density at radius 3 is 1.16 bits per heavy atom. The molecule has 0 radical (unpaired) electrons. The second-order valence-electron chi connectivity index (χ2n) is 19.1. The third-order valence-corrected chi connectivity index (χ3v) is 13.0. The van der Waals surface area contributed by atoms with Crippen molar-refractivity contribution in [3.63, 3.8) is 0 Å². The fourth-order valence-electron chi connectivity index (χ4n) is 7.59. The molecule has 0 aromatic heterocycles. The largest absolute Gasteiger partial charge is 0.472 e. The van der Waals surface area contributed by atoms with Crippen LogP contribution in [0.3, 0.4) is 0 Å². The van der Waals surface area contributed by atoms with E-state index >= 15 is 0 Å². The maximum Gasteiger partial charge on any atom is 0.472 e. The molecule has 0 amide bonds. The van der Waals surface area contributed by atoms with Crippen LogP contribution in [-0.4, -0.2) is 66.5 Å². The average Bonchev–Trinajstić information content (AvgIpc) is 3.39. The minimum absolute atomic E-state index is 0.0951. The second-order valence-corrected chi connectivity index (χ2v) is 20.5. The summed E-state index contributed by atoms with van der Waals surface area (Å²) >= 11 is 0. The minimum Gasteiger partial charge on any atom is -0.462 e. The zero-order valence-electron chi connectivity index (χ0n) is 46.8. The molecular weight excluding hydrogens is 952 g/mol. The minimum atomic E-state index is -4.77. The summed E-state index contributed by atoms with van der Waals surface area (Å²) in [5, 5.41) is 9.81. The molecule has 0 aromatic rings. The Hall–Kier alpha value is -3.60. The van der Waals surface area contributed by atoms with Crippen molar-refractivity contribution in [2.75, 3.05) is 26.4 Å². The number of esters is 3. The van der Waals surface area contributed by atoms with Crippen LogP contribution in [0.15, 0.2) is 97.2 Å². The van der Waals surface area contributed by atoms with Gasteiger partial charge in [0.25, 0.3) is 0 Å². The zero-order chi connectivity index (χ0) is 54.1. The standard InChI is InChI=1S/C62H105O11P/c1-4-7-10-13-16-19-22-25-27-28-29-30-32-34-36-39-42-45-48-51-60(64)69-55-59(73-62(66)53-50-47-44-41-38-35-31-26-23-20-17-14-11-8-5-2)57-71-74(67,68)70-56-58(54-63)72-61(65)52-49-46-43-40-37-33-24-21-18-15-12-9-6-3/h7,10,16-17,19-20,25-27,29-31,34,36,42,45,58-59,63H,4-6,8-9,11-15,18,21-24,28,32-33,35,37-41,43-44,46-57H2,1-3H3,(H,67,68)/b10-7-,19-16-,20-17-,27-25-,30-29-,31-26-,36-34-,45-42-. The zero-order valence-corrected chi connectivity index (χ0v) is 47.7.